The molecule has 0 radical (unpaired) electrons. The first-order chi connectivity index (χ1) is 8.15. The summed E-state index contributed by atoms with van der Waals surface area (Å²) in [6.07, 6.45) is -0.0376. The third kappa shape index (κ3) is 3.14. The highest BCUT2D eigenvalue weighted by molar-refractivity contribution is 5.26. The van der Waals surface area contributed by atoms with E-state index in [0.29, 0.717) is 6.42 Å². The predicted molar refractivity (Wildman–Crippen MR) is 66.2 cm³/mol. The fourth-order valence-corrected chi connectivity index (χ4v) is 1.84. The lowest BCUT2D eigenvalue weighted by Gasteiger charge is -2.11. The molecule has 2 aromatic carbocycles. The van der Waals surface area contributed by atoms with Crippen LogP contribution in [0.4, 0.5) is 4.39 Å². The van der Waals surface area contributed by atoms with E-state index in [0.717, 1.165) is 16.7 Å². The Balaban J connectivity index is 2.11. The number of hydrogen-bond acceptors (Lipinski definition) is 1. The van der Waals surface area contributed by atoms with Crippen LogP contribution in [-0.2, 0) is 6.42 Å². The fraction of sp³-hybridized carbons (Fsp3) is 0.200. The van der Waals surface area contributed by atoms with Crippen LogP contribution in [0.3, 0.4) is 0 Å². The van der Waals surface area contributed by atoms with Crippen molar-refractivity contribution in [3.05, 3.63) is 71.0 Å². The normalized spacial score (nSPS) is 12.4. The number of aliphatic hydroxyl groups is 1. The van der Waals surface area contributed by atoms with Crippen molar-refractivity contribution in [3.63, 3.8) is 0 Å². The Morgan fingerprint density at radius 3 is 2.47 bits per heavy atom. The fourth-order valence-electron chi connectivity index (χ4n) is 1.84. The van der Waals surface area contributed by atoms with E-state index in [2.05, 4.69) is 0 Å². The molecule has 0 saturated carbocycles. The van der Waals surface area contributed by atoms with Gasteiger partial charge in [0.05, 0.1) is 6.10 Å². The molecule has 1 N–H and O–H groups in total. The van der Waals surface area contributed by atoms with Crippen molar-refractivity contribution in [2.75, 3.05) is 0 Å². The first-order valence-electron chi connectivity index (χ1n) is 5.64. The second-order valence-electron chi connectivity index (χ2n) is 4.26. The van der Waals surface area contributed by atoms with E-state index in [9.17, 15) is 9.50 Å². The third-order valence-electron chi connectivity index (χ3n) is 2.77. The Labute approximate surface area is 101 Å². The van der Waals surface area contributed by atoms with Gasteiger partial charge < -0.3 is 5.11 Å². The van der Waals surface area contributed by atoms with Crippen LogP contribution in [0, 0.1) is 12.7 Å². The highest BCUT2D eigenvalue weighted by Crippen LogP contribution is 2.19. The molecular formula is C15H15FO. The number of aliphatic hydroxyl groups excluding tert-OH is 1. The van der Waals surface area contributed by atoms with Crippen LogP contribution < -0.4 is 0 Å². The lowest BCUT2D eigenvalue weighted by atomic mass is 10.0. The molecule has 1 unspecified atom stereocenters. The number of benzene rings is 2. The molecule has 2 heteroatoms. The largest absolute Gasteiger partial charge is 0.388 e. The first-order valence-corrected chi connectivity index (χ1v) is 5.64. The Bertz CT molecular complexity index is 491. The van der Waals surface area contributed by atoms with Crippen LogP contribution in [0.5, 0.6) is 0 Å². The lowest BCUT2D eigenvalue weighted by Crippen LogP contribution is -2.02. The number of rotatable bonds is 3. The quantitative estimate of drug-likeness (QED) is 0.856. The summed E-state index contributed by atoms with van der Waals surface area (Å²) in [6, 6.07) is 14.0. The van der Waals surface area contributed by atoms with Crippen LogP contribution in [0.2, 0.25) is 0 Å². The molecule has 0 bridgehead atoms. The van der Waals surface area contributed by atoms with Crippen LogP contribution in [0.1, 0.15) is 22.8 Å². The van der Waals surface area contributed by atoms with Gasteiger partial charge >= 0.3 is 0 Å². The van der Waals surface area contributed by atoms with Gasteiger partial charge in [0.15, 0.2) is 0 Å². The van der Waals surface area contributed by atoms with E-state index >= 15 is 0 Å². The van der Waals surface area contributed by atoms with Crippen LogP contribution in [0.25, 0.3) is 0 Å². The van der Waals surface area contributed by atoms with Gasteiger partial charge in [-0.3, -0.25) is 0 Å². The molecule has 0 amide bonds. The summed E-state index contributed by atoms with van der Waals surface area (Å²) in [5.41, 5.74) is 2.95. The van der Waals surface area contributed by atoms with Crippen molar-refractivity contribution in [1.29, 1.82) is 0 Å². The number of halogens is 1. The molecule has 0 spiro atoms. The zero-order valence-electron chi connectivity index (χ0n) is 9.73. The maximum absolute atomic E-state index is 12.7. The van der Waals surface area contributed by atoms with Crippen molar-refractivity contribution in [1.82, 2.24) is 0 Å². The summed E-state index contributed by atoms with van der Waals surface area (Å²) in [6.45, 7) is 1.99. The van der Waals surface area contributed by atoms with E-state index < -0.39 is 6.10 Å². The highest BCUT2D eigenvalue weighted by atomic mass is 19.1. The molecule has 1 nitrogen and oxygen atoms in total. The molecule has 17 heavy (non-hydrogen) atoms. The zero-order valence-corrected chi connectivity index (χ0v) is 9.73. The zero-order chi connectivity index (χ0) is 12.3. The SMILES string of the molecule is Cc1cccc(C(O)Cc2ccc(F)cc2)c1. The molecule has 2 rings (SSSR count). The second kappa shape index (κ2) is 5.11. The molecule has 2 aromatic rings. The molecule has 0 fully saturated rings. The van der Waals surface area contributed by atoms with Crippen molar-refractivity contribution in [3.8, 4) is 0 Å². The Kier molecular flexibility index (Phi) is 3.55. The van der Waals surface area contributed by atoms with Gasteiger partial charge in [-0.25, -0.2) is 4.39 Å². The van der Waals surface area contributed by atoms with Crippen LogP contribution in [-0.4, -0.2) is 5.11 Å². The van der Waals surface area contributed by atoms with Gasteiger partial charge in [-0.2, -0.15) is 0 Å². The minimum absolute atomic E-state index is 0.251. The number of aryl methyl sites for hydroxylation is 1. The Morgan fingerprint density at radius 2 is 1.82 bits per heavy atom. The van der Waals surface area contributed by atoms with Crippen LogP contribution >= 0.6 is 0 Å². The predicted octanol–water partition coefficient (Wildman–Crippen LogP) is 3.41. The second-order valence-corrected chi connectivity index (χ2v) is 4.26. The topological polar surface area (TPSA) is 20.2 Å². The first kappa shape index (κ1) is 11.8. The standard InChI is InChI=1S/C15H15FO/c1-11-3-2-4-13(9-11)15(17)10-12-5-7-14(16)8-6-12/h2-9,15,17H,10H2,1H3. The molecule has 0 aliphatic carbocycles. The van der Waals surface area contributed by atoms with E-state index in [1.165, 1.54) is 12.1 Å². The molecule has 1 atom stereocenters. The van der Waals surface area contributed by atoms with Crippen molar-refractivity contribution >= 4 is 0 Å². The van der Waals surface area contributed by atoms with Gasteiger partial charge in [0, 0.05) is 6.42 Å². The van der Waals surface area contributed by atoms with Gasteiger partial charge in [-0.05, 0) is 30.2 Å². The molecule has 0 saturated heterocycles. The summed E-state index contributed by atoms with van der Waals surface area (Å²) in [4.78, 5) is 0. The summed E-state index contributed by atoms with van der Waals surface area (Å²) in [7, 11) is 0. The van der Waals surface area contributed by atoms with E-state index in [-0.39, 0.29) is 5.82 Å². The Morgan fingerprint density at radius 1 is 1.12 bits per heavy atom. The summed E-state index contributed by atoms with van der Waals surface area (Å²) >= 11 is 0. The highest BCUT2D eigenvalue weighted by Gasteiger charge is 2.08. The smallest absolute Gasteiger partial charge is 0.123 e. The van der Waals surface area contributed by atoms with Crippen molar-refractivity contribution in [2.24, 2.45) is 0 Å². The van der Waals surface area contributed by atoms with E-state index in [4.69, 9.17) is 0 Å². The molecule has 88 valence electrons. The van der Waals surface area contributed by atoms with Gasteiger partial charge in [-0.1, -0.05) is 42.0 Å². The summed E-state index contributed by atoms with van der Waals surface area (Å²) in [5, 5.41) is 10.1. The van der Waals surface area contributed by atoms with Crippen molar-refractivity contribution in [2.45, 2.75) is 19.4 Å². The molecular weight excluding hydrogens is 215 g/mol. The number of hydrogen-bond donors (Lipinski definition) is 1. The molecule has 0 aliphatic rings. The van der Waals surface area contributed by atoms with E-state index in [1.54, 1.807) is 12.1 Å². The van der Waals surface area contributed by atoms with Crippen LogP contribution in [0.15, 0.2) is 48.5 Å². The Hall–Kier alpha value is -1.67. The maximum Gasteiger partial charge on any atom is 0.123 e. The minimum Gasteiger partial charge on any atom is -0.388 e. The minimum atomic E-state index is -0.541. The summed E-state index contributed by atoms with van der Waals surface area (Å²) < 4.78 is 12.7. The molecule has 0 heterocycles. The molecule has 0 aliphatic heterocycles. The van der Waals surface area contributed by atoms with Gasteiger partial charge in [0.1, 0.15) is 5.82 Å². The average molecular weight is 230 g/mol. The van der Waals surface area contributed by atoms with Gasteiger partial charge in [0.2, 0.25) is 0 Å². The average Bonchev–Trinajstić information content (AvgIpc) is 2.32. The lowest BCUT2D eigenvalue weighted by molar-refractivity contribution is 0.178. The summed E-state index contributed by atoms with van der Waals surface area (Å²) in [5.74, 6) is -0.251. The third-order valence-corrected chi connectivity index (χ3v) is 2.77. The maximum atomic E-state index is 12.7. The monoisotopic (exact) mass is 230 g/mol. The molecule has 0 aromatic heterocycles. The van der Waals surface area contributed by atoms with Gasteiger partial charge in [-0.15, -0.1) is 0 Å². The van der Waals surface area contributed by atoms with E-state index in [1.807, 2.05) is 31.2 Å². The van der Waals surface area contributed by atoms with Gasteiger partial charge in [0.25, 0.3) is 0 Å². The van der Waals surface area contributed by atoms with Crippen molar-refractivity contribution < 1.29 is 9.50 Å².